The van der Waals surface area contributed by atoms with Gasteiger partial charge in [0.25, 0.3) is 0 Å². The fraction of sp³-hybridized carbons (Fsp3) is 0.500. The van der Waals surface area contributed by atoms with E-state index in [1.807, 2.05) is 0 Å². The molecule has 5 N–H and O–H groups in total. The predicted molar refractivity (Wildman–Crippen MR) is 35.2 cm³/mol. The molecule has 8 nitrogen and oxygen atoms in total. The Morgan fingerprint density at radius 3 is 1.40 bits per heavy atom. The molecule has 0 aliphatic heterocycles. The van der Waals surface area contributed by atoms with Crippen LogP contribution in [0.25, 0.3) is 0 Å². The molecule has 0 heterocycles. The van der Waals surface area contributed by atoms with Crippen molar-refractivity contribution in [1.29, 1.82) is 0 Å². The van der Waals surface area contributed by atoms with Gasteiger partial charge in [0.2, 0.25) is 0 Å². The zero-order valence-electron chi connectivity index (χ0n) is 8.02. The summed E-state index contributed by atoms with van der Waals surface area (Å²) >= 11 is 0. The number of aliphatic hydroxyl groups is 1. The first-order valence-corrected chi connectivity index (χ1v) is 3.11. The van der Waals surface area contributed by atoms with E-state index in [2.05, 4.69) is 0 Å². The van der Waals surface area contributed by atoms with Crippen molar-refractivity contribution in [2.24, 2.45) is 0 Å². The molecule has 0 atom stereocenters. The standard InChI is InChI=1S/C6H8O7.H3N.Zn/c7-3(8)1-6(13,5(11)12)2-4(9)10;;/h13H,1-2H2,(H,7,8)(H,9,10)(H,11,12);1H3;/q;;+2/p-2. The number of carbonyl (C=O) groups excluding carboxylic acids is 3. The molecule has 0 aromatic carbocycles. The maximum Gasteiger partial charge on any atom is 2.00 e. The van der Waals surface area contributed by atoms with Gasteiger partial charge in [-0.1, -0.05) is 0 Å². The summed E-state index contributed by atoms with van der Waals surface area (Å²) < 4.78 is 0. The minimum absolute atomic E-state index is 0. The Kier molecular flexibility index (Phi) is 9.46. The van der Waals surface area contributed by atoms with E-state index in [4.69, 9.17) is 5.11 Å². The molecule has 0 unspecified atom stereocenters. The summed E-state index contributed by atoms with van der Waals surface area (Å²) in [5.41, 5.74) is -2.97. The molecular formula is C6H9NO7Zn. The van der Waals surface area contributed by atoms with Gasteiger partial charge < -0.3 is 41.0 Å². The molecule has 0 saturated carbocycles. The number of carboxylic acid groups (broad SMARTS) is 3. The van der Waals surface area contributed by atoms with E-state index in [-0.39, 0.29) is 25.6 Å². The zero-order valence-corrected chi connectivity index (χ0v) is 11.0. The Morgan fingerprint density at radius 2 is 1.27 bits per heavy atom. The van der Waals surface area contributed by atoms with Gasteiger partial charge in [0, 0.05) is 24.8 Å². The first kappa shape index (κ1) is 19.5. The summed E-state index contributed by atoms with van der Waals surface area (Å²) in [5.74, 6) is -5.98. The van der Waals surface area contributed by atoms with Gasteiger partial charge in [0.05, 0.1) is 5.97 Å². The summed E-state index contributed by atoms with van der Waals surface area (Å²) in [6, 6.07) is 0. The molecule has 0 bridgehead atoms. The Bertz CT molecular complexity index is 238. The van der Waals surface area contributed by atoms with E-state index in [1.165, 1.54) is 0 Å². The van der Waals surface area contributed by atoms with E-state index in [1.54, 1.807) is 0 Å². The fourth-order valence-corrected chi connectivity index (χ4v) is 0.684. The normalized spacial score (nSPS) is 9.40. The summed E-state index contributed by atoms with van der Waals surface area (Å²) in [6.07, 6.45) is -2.72. The topological polar surface area (TPSA) is 177 Å². The first-order chi connectivity index (χ1) is 5.78. The molecule has 0 aliphatic rings. The molecule has 0 aromatic heterocycles. The third-order valence-corrected chi connectivity index (χ3v) is 1.25. The van der Waals surface area contributed by atoms with Crippen molar-refractivity contribution >= 4 is 17.9 Å². The van der Waals surface area contributed by atoms with Gasteiger partial charge in [0.15, 0.2) is 0 Å². The van der Waals surface area contributed by atoms with Crippen LogP contribution in [0.5, 0.6) is 0 Å². The van der Waals surface area contributed by atoms with Crippen LogP contribution in [0.4, 0.5) is 0 Å². The van der Waals surface area contributed by atoms with E-state index in [0.29, 0.717) is 0 Å². The van der Waals surface area contributed by atoms with Crippen LogP contribution in [0.15, 0.2) is 0 Å². The third kappa shape index (κ3) is 6.95. The number of carboxylic acids is 3. The number of aliphatic carboxylic acids is 3. The Hall–Kier alpha value is -1.05. The van der Waals surface area contributed by atoms with Crippen LogP contribution < -0.4 is 21.5 Å². The van der Waals surface area contributed by atoms with E-state index >= 15 is 0 Å². The molecule has 82 valence electrons. The van der Waals surface area contributed by atoms with Crippen molar-refractivity contribution in [2.45, 2.75) is 18.4 Å². The monoisotopic (exact) mass is 271 g/mol. The van der Waals surface area contributed by atoms with Gasteiger partial charge in [-0.2, -0.15) is 0 Å². The van der Waals surface area contributed by atoms with Crippen LogP contribution >= 0.6 is 0 Å². The van der Waals surface area contributed by atoms with Gasteiger partial charge in [0.1, 0.15) is 5.60 Å². The minimum Gasteiger partial charge on any atom is -0.550 e. The average Bonchev–Trinajstić information content (AvgIpc) is 1.82. The van der Waals surface area contributed by atoms with Crippen molar-refractivity contribution in [3.8, 4) is 0 Å². The molecule has 15 heavy (non-hydrogen) atoms. The molecule has 0 aliphatic carbocycles. The first-order valence-electron chi connectivity index (χ1n) is 3.11. The van der Waals surface area contributed by atoms with Crippen LogP contribution in [0.1, 0.15) is 12.8 Å². The maximum atomic E-state index is 10.1. The Morgan fingerprint density at radius 1 is 1.00 bits per heavy atom. The number of hydrogen-bond donors (Lipinski definition) is 2. The van der Waals surface area contributed by atoms with Crippen LogP contribution in [-0.4, -0.2) is 28.6 Å². The molecule has 0 rings (SSSR count). The Balaban J connectivity index is -0.000000720. The van der Waals surface area contributed by atoms with Gasteiger partial charge in [-0.15, -0.1) is 0 Å². The SMILES string of the molecule is O=C([O-])CC(O)(CC(=O)[O-])C(=O)[O-].[NH4+].[Zn+2]. The molecule has 0 aromatic rings. The quantitative estimate of drug-likeness (QED) is 0.471. The van der Waals surface area contributed by atoms with E-state index < -0.39 is 36.4 Å². The summed E-state index contributed by atoms with van der Waals surface area (Å²) in [6.45, 7) is 0. The van der Waals surface area contributed by atoms with Crippen molar-refractivity contribution < 1.29 is 54.3 Å². The van der Waals surface area contributed by atoms with Crippen molar-refractivity contribution in [2.75, 3.05) is 0 Å². The number of quaternary nitrogens is 1. The Labute approximate surface area is 97.2 Å². The number of hydrogen-bond acceptors (Lipinski definition) is 7. The van der Waals surface area contributed by atoms with Gasteiger partial charge in [-0.05, 0) is 0 Å². The molecule has 0 amide bonds. The summed E-state index contributed by atoms with van der Waals surface area (Å²) in [5, 5.41) is 38.9. The van der Waals surface area contributed by atoms with Gasteiger partial charge in [-0.3, -0.25) is 0 Å². The second-order valence-corrected chi connectivity index (χ2v) is 2.42. The van der Waals surface area contributed by atoms with Crippen molar-refractivity contribution in [3.63, 3.8) is 0 Å². The molecule has 0 spiro atoms. The smallest absolute Gasteiger partial charge is 0.550 e. The van der Waals surface area contributed by atoms with Crippen LogP contribution in [0, 0.1) is 0 Å². The van der Waals surface area contributed by atoms with Crippen LogP contribution in [0.2, 0.25) is 0 Å². The molecule has 0 saturated heterocycles. The van der Waals surface area contributed by atoms with Crippen LogP contribution in [-0.2, 0) is 33.9 Å². The average molecular weight is 273 g/mol. The second-order valence-electron chi connectivity index (χ2n) is 2.42. The molecule has 0 radical (unpaired) electrons. The van der Waals surface area contributed by atoms with E-state index in [0.717, 1.165) is 0 Å². The van der Waals surface area contributed by atoms with Crippen LogP contribution in [0.3, 0.4) is 0 Å². The zero-order chi connectivity index (χ0) is 10.6. The van der Waals surface area contributed by atoms with Gasteiger partial charge >= 0.3 is 19.5 Å². The minimum atomic E-state index is -2.97. The fourth-order valence-electron chi connectivity index (χ4n) is 0.684. The summed E-state index contributed by atoms with van der Waals surface area (Å²) in [4.78, 5) is 30.0. The third-order valence-electron chi connectivity index (χ3n) is 1.25. The summed E-state index contributed by atoms with van der Waals surface area (Å²) in [7, 11) is 0. The van der Waals surface area contributed by atoms with Gasteiger partial charge in [-0.25, -0.2) is 0 Å². The maximum absolute atomic E-state index is 10.1. The second kappa shape index (κ2) is 7.27. The largest absolute Gasteiger partial charge is 2.00 e. The predicted octanol–water partition coefficient (Wildman–Crippen LogP) is -4.88. The van der Waals surface area contributed by atoms with Crippen molar-refractivity contribution in [3.05, 3.63) is 0 Å². The van der Waals surface area contributed by atoms with E-state index in [9.17, 15) is 29.7 Å². The number of rotatable bonds is 5. The molecular weight excluding hydrogens is 263 g/mol. The number of carbonyl (C=O) groups is 3. The molecule has 9 heteroatoms. The van der Waals surface area contributed by atoms with Crippen molar-refractivity contribution in [1.82, 2.24) is 6.15 Å². The molecule has 0 fully saturated rings.